The van der Waals surface area contributed by atoms with E-state index in [0.717, 1.165) is 6.42 Å². The van der Waals surface area contributed by atoms with Crippen LogP contribution in [0.5, 0.6) is 0 Å². The van der Waals surface area contributed by atoms with Crippen molar-refractivity contribution in [3.05, 3.63) is 23.8 Å². The molecule has 1 fully saturated rings. The summed E-state index contributed by atoms with van der Waals surface area (Å²) < 4.78 is 4.64. The first-order valence-corrected chi connectivity index (χ1v) is 6.18. The van der Waals surface area contributed by atoms with E-state index in [-0.39, 0.29) is 11.4 Å². The van der Waals surface area contributed by atoms with Gasteiger partial charge in [0.05, 0.1) is 24.0 Å². The molecule has 102 valence electrons. The van der Waals surface area contributed by atoms with Crippen molar-refractivity contribution in [3.8, 4) is 0 Å². The zero-order chi connectivity index (χ0) is 14.2. The lowest BCUT2D eigenvalue weighted by Crippen LogP contribution is -2.41. The Morgan fingerprint density at radius 2 is 2.11 bits per heavy atom. The molecule has 1 heterocycles. The van der Waals surface area contributed by atoms with Gasteiger partial charge in [0, 0.05) is 12.0 Å². The molecule has 1 saturated heterocycles. The lowest BCUT2D eigenvalue weighted by Gasteiger charge is -2.32. The van der Waals surface area contributed by atoms with Gasteiger partial charge in [-0.15, -0.1) is 0 Å². The van der Waals surface area contributed by atoms with Gasteiger partial charge in [0.15, 0.2) is 0 Å². The molecule has 1 aliphatic heterocycles. The van der Waals surface area contributed by atoms with Crippen LogP contribution in [0.3, 0.4) is 0 Å². The number of nitrogen functional groups attached to an aromatic ring is 1. The summed E-state index contributed by atoms with van der Waals surface area (Å²) in [6, 6.07) is 4.87. The van der Waals surface area contributed by atoms with Gasteiger partial charge in [0.1, 0.15) is 0 Å². The smallest absolute Gasteiger partial charge is 0.337 e. The molecule has 5 nitrogen and oxygen atoms in total. The molecule has 2 rings (SSSR count). The van der Waals surface area contributed by atoms with Crippen LogP contribution in [0.4, 0.5) is 11.4 Å². The minimum atomic E-state index is -0.440. The average Bonchev–Trinajstić information content (AvgIpc) is 2.63. The number of ether oxygens (including phenoxy) is 1. The predicted molar refractivity (Wildman–Crippen MR) is 73.0 cm³/mol. The number of anilines is 2. The number of nitrogens with two attached hydrogens (primary N) is 1. The number of hydrogen-bond donors (Lipinski definition) is 1. The number of carbonyl (C=O) groups excluding carboxylic acids is 2. The third-order valence-corrected chi connectivity index (χ3v) is 3.49. The summed E-state index contributed by atoms with van der Waals surface area (Å²) in [6.07, 6.45) is 1.31. The molecule has 1 aromatic carbocycles. The topological polar surface area (TPSA) is 72.6 Å². The Morgan fingerprint density at radius 1 is 1.42 bits per heavy atom. The summed E-state index contributed by atoms with van der Waals surface area (Å²) in [5, 5.41) is 0. The Labute approximate surface area is 112 Å². The van der Waals surface area contributed by atoms with Crippen LogP contribution in [0.25, 0.3) is 0 Å². The average molecular weight is 262 g/mol. The first-order valence-electron chi connectivity index (χ1n) is 6.18. The quantitative estimate of drug-likeness (QED) is 0.653. The van der Waals surface area contributed by atoms with E-state index in [9.17, 15) is 9.59 Å². The Balaban J connectivity index is 2.41. The maximum absolute atomic E-state index is 12.0. The van der Waals surface area contributed by atoms with Crippen LogP contribution in [0.2, 0.25) is 0 Å². The van der Waals surface area contributed by atoms with Crippen LogP contribution >= 0.6 is 0 Å². The normalized spacial score (nSPS) is 17.6. The van der Waals surface area contributed by atoms with Gasteiger partial charge >= 0.3 is 5.97 Å². The van der Waals surface area contributed by atoms with Crippen molar-refractivity contribution in [3.63, 3.8) is 0 Å². The Kier molecular flexibility index (Phi) is 3.22. The monoisotopic (exact) mass is 262 g/mol. The van der Waals surface area contributed by atoms with E-state index in [1.165, 1.54) is 7.11 Å². The molecular weight excluding hydrogens is 244 g/mol. The van der Waals surface area contributed by atoms with Gasteiger partial charge in [-0.25, -0.2) is 4.79 Å². The van der Waals surface area contributed by atoms with Gasteiger partial charge in [-0.1, -0.05) is 0 Å². The molecular formula is C14H18N2O3. The highest BCUT2D eigenvalue weighted by atomic mass is 16.5. The molecule has 19 heavy (non-hydrogen) atoms. The number of carbonyl (C=O) groups is 2. The number of methoxy groups -OCH3 is 1. The summed E-state index contributed by atoms with van der Waals surface area (Å²) in [5.74, 6) is -0.382. The maximum atomic E-state index is 12.0. The molecule has 2 N–H and O–H groups in total. The fourth-order valence-electron chi connectivity index (χ4n) is 2.44. The number of nitrogens with zero attached hydrogens (tertiary/aromatic N) is 1. The first-order chi connectivity index (χ1) is 8.86. The van der Waals surface area contributed by atoms with Gasteiger partial charge in [-0.2, -0.15) is 0 Å². The van der Waals surface area contributed by atoms with E-state index in [4.69, 9.17) is 5.73 Å². The summed E-state index contributed by atoms with van der Waals surface area (Å²) in [6.45, 7) is 4.01. The fourth-order valence-corrected chi connectivity index (χ4v) is 2.44. The zero-order valence-corrected chi connectivity index (χ0v) is 11.4. The van der Waals surface area contributed by atoms with E-state index >= 15 is 0 Å². The summed E-state index contributed by atoms with van der Waals surface area (Å²) >= 11 is 0. The standard InChI is InChI=1S/C14H18N2O3/c1-14(2)7-6-12(17)16(14)11-5-4-9(8-10(11)15)13(18)19-3/h4-5,8H,6-7,15H2,1-3H3. The van der Waals surface area contributed by atoms with E-state index in [2.05, 4.69) is 4.74 Å². The molecule has 0 bridgehead atoms. The molecule has 1 amide bonds. The fraction of sp³-hybridized carbons (Fsp3) is 0.429. The molecule has 0 aliphatic carbocycles. The number of esters is 1. The van der Waals surface area contributed by atoms with Gasteiger partial charge in [-0.05, 0) is 38.5 Å². The summed E-state index contributed by atoms with van der Waals surface area (Å²) in [7, 11) is 1.32. The second-order valence-corrected chi connectivity index (χ2v) is 5.31. The third kappa shape index (κ3) is 2.28. The molecule has 0 saturated carbocycles. The Hall–Kier alpha value is -2.04. The molecule has 0 spiro atoms. The highest BCUT2D eigenvalue weighted by Gasteiger charge is 2.39. The SMILES string of the molecule is COC(=O)c1ccc(N2C(=O)CCC2(C)C)c(N)c1. The van der Waals surface area contributed by atoms with Crippen molar-refractivity contribution in [2.45, 2.75) is 32.2 Å². The second-order valence-electron chi connectivity index (χ2n) is 5.31. The number of hydrogen-bond acceptors (Lipinski definition) is 4. The van der Waals surface area contributed by atoms with Crippen molar-refractivity contribution >= 4 is 23.3 Å². The van der Waals surface area contributed by atoms with Gasteiger partial charge in [0.2, 0.25) is 5.91 Å². The van der Waals surface area contributed by atoms with Crippen molar-refractivity contribution in [1.29, 1.82) is 0 Å². The van der Waals surface area contributed by atoms with Crippen molar-refractivity contribution in [2.75, 3.05) is 17.7 Å². The van der Waals surface area contributed by atoms with Crippen LogP contribution in [0.15, 0.2) is 18.2 Å². The Morgan fingerprint density at radius 3 is 2.58 bits per heavy atom. The zero-order valence-electron chi connectivity index (χ0n) is 11.4. The van der Waals surface area contributed by atoms with Gasteiger partial charge in [0.25, 0.3) is 0 Å². The minimum Gasteiger partial charge on any atom is -0.465 e. The number of benzene rings is 1. The number of amides is 1. The van der Waals surface area contributed by atoms with E-state index in [1.807, 2.05) is 13.8 Å². The lowest BCUT2D eigenvalue weighted by atomic mass is 10.0. The lowest BCUT2D eigenvalue weighted by molar-refractivity contribution is -0.117. The largest absolute Gasteiger partial charge is 0.465 e. The third-order valence-electron chi connectivity index (χ3n) is 3.49. The van der Waals surface area contributed by atoms with Crippen LogP contribution < -0.4 is 10.6 Å². The Bertz CT molecular complexity index is 537. The van der Waals surface area contributed by atoms with Crippen molar-refractivity contribution in [2.24, 2.45) is 0 Å². The van der Waals surface area contributed by atoms with E-state index in [0.29, 0.717) is 23.4 Å². The molecule has 0 aromatic heterocycles. The van der Waals surface area contributed by atoms with Crippen molar-refractivity contribution < 1.29 is 14.3 Å². The molecule has 0 radical (unpaired) electrons. The molecule has 1 aliphatic rings. The van der Waals surface area contributed by atoms with Crippen LogP contribution in [-0.2, 0) is 9.53 Å². The highest BCUT2D eigenvalue weighted by Crippen LogP contribution is 2.37. The van der Waals surface area contributed by atoms with Gasteiger partial charge in [-0.3, -0.25) is 4.79 Å². The number of rotatable bonds is 2. The minimum absolute atomic E-state index is 0.0579. The highest BCUT2D eigenvalue weighted by molar-refractivity contribution is 6.01. The summed E-state index contributed by atoms with van der Waals surface area (Å²) in [4.78, 5) is 25.1. The molecule has 0 unspecified atom stereocenters. The first kappa shape index (κ1) is 13.4. The van der Waals surface area contributed by atoms with Crippen LogP contribution in [-0.4, -0.2) is 24.5 Å². The predicted octanol–water partition coefficient (Wildman–Crippen LogP) is 1.96. The van der Waals surface area contributed by atoms with Crippen molar-refractivity contribution in [1.82, 2.24) is 0 Å². The summed E-state index contributed by atoms with van der Waals surface area (Å²) in [5.41, 5.74) is 7.17. The van der Waals surface area contributed by atoms with E-state index < -0.39 is 5.97 Å². The molecule has 5 heteroatoms. The van der Waals surface area contributed by atoms with Gasteiger partial charge < -0.3 is 15.4 Å². The van der Waals surface area contributed by atoms with Crippen LogP contribution in [0, 0.1) is 0 Å². The second kappa shape index (κ2) is 4.57. The van der Waals surface area contributed by atoms with Crippen LogP contribution in [0.1, 0.15) is 37.0 Å². The molecule has 0 atom stereocenters. The van der Waals surface area contributed by atoms with E-state index in [1.54, 1.807) is 23.1 Å². The molecule has 1 aromatic rings. The maximum Gasteiger partial charge on any atom is 0.337 e.